The highest BCUT2D eigenvalue weighted by molar-refractivity contribution is 5.99. The maximum Gasteiger partial charge on any atom is 0.410 e. The predicted octanol–water partition coefficient (Wildman–Crippen LogP) is 2.83. The molecule has 5 heteroatoms. The summed E-state index contributed by atoms with van der Waals surface area (Å²) in [4.78, 5) is 29.6. The fourth-order valence-corrected chi connectivity index (χ4v) is 1.50. The van der Waals surface area contributed by atoms with E-state index < -0.39 is 17.7 Å². The number of ether oxygens (including phenoxy) is 1. The Bertz CT molecular complexity index is 489. The van der Waals surface area contributed by atoms with Gasteiger partial charge in [-0.2, -0.15) is 0 Å². The van der Waals surface area contributed by atoms with Crippen LogP contribution in [0.1, 0.15) is 43.7 Å². The van der Waals surface area contributed by atoms with Crippen LogP contribution in [-0.4, -0.2) is 40.5 Å². The maximum atomic E-state index is 12.3. The van der Waals surface area contributed by atoms with Crippen LogP contribution in [0.2, 0.25) is 0 Å². The third-order valence-electron chi connectivity index (χ3n) is 2.81. The van der Waals surface area contributed by atoms with Gasteiger partial charge in [-0.05, 0) is 46.2 Å². The Morgan fingerprint density at radius 1 is 1.30 bits per heavy atom. The Morgan fingerprint density at radius 3 is 2.35 bits per heavy atom. The number of carbonyl (C=O) groups is 2. The number of likely N-dealkylation sites (N-methyl/N-ethyl adjacent to an activating group) is 1. The first-order valence-corrected chi connectivity index (χ1v) is 6.54. The number of nitrogens with zero attached hydrogens (tertiary/aromatic N) is 2. The highest BCUT2D eigenvalue weighted by Gasteiger charge is 2.27. The Kier molecular flexibility index (Phi) is 4.87. The van der Waals surface area contributed by atoms with Crippen molar-refractivity contribution in [3.63, 3.8) is 0 Å². The summed E-state index contributed by atoms with van der Waals surface area (Å²) in [5.41, 5.74) is 0.740. The van der Waals surface area contributed by atoms with E-state index in [9.17, 15) is 9.59 Å². The quantitative estimate of drug-likeness (QED) is 0.798. The predicted molar refractivity (Wildman–Crippen MR) is 76.8 cm³/mol. The van der Waals surface area contributed by atoms with E-state index in [1.807, 2.05) is 13.0 Å². The molecule has 1 amide bonds. The lowest BCUT2D eigenvalue weighted by Crippen LogP contribution is -2.43. The third kappa shape index (κ3) is 4.33. The molecule has 0 spiro atoms. The zero-order chi connectivity index (χ0) is 15.5. The van der Waals surface area contributed by atoms with E-state index in [0.29, 0.717) is 5.69 Å². The van der Waals surface area contributed by atoms with Gasteiger partial charge in [-0.3, -0.25) is 9.78 Å². The van der Waals surface area contributed by atoms with E-state index >= 15 is 0 Å². The summed E-state index contributed by atoms with van der Waals surface area (Å²) in [6.07, 6.45) is 1.11. The van der Waals surface area contributed by atoms with Gasteiger partial charge in [-0.15, -0.1) is 0 Å². The smallest absolute Gasteiger partial charge is 0.410 e. The van der Waals surface area contributed by atoms with Crippen LogP contribution in [0, 0.1) is 6.92 Å². The van der Waals surface area contributed by atoms with Gasteiger partial charge in [0.1, 0.15) is 11.3 Å². The van der Waals surface area contributed by atoms with Gasteiger partial charge in [0, 0.05) is 13.2 Å². The summed E-state index contributed by atoms with van der Waals surface area (Å²) >= 11 is 0. The second-order valence-electron chi connectivity index (χ2n) is 5.85. The molecule has 0 saturated carbocycles. The first kappa shape index (κ1) is 16.1. The van der Waals surface area contributed by atoms with Crippen molar-refractivity contribution in [1.82, 2.24) is 9.88 Å². The van der Waals surface area contributed by atoms with E-state index in [1.54, 1.807) is 47.0 Å². The molecule has 1 aromatic heterocycles. The SMILES string of the molecule is Cc1ccc(C(=O)C(C)N(C)C(=O)OC(C)(C)C)nc1. The van der Waals surface area contributed by atoms with E-state index in [2.05, 4.69) is 4.98 Å². The summed E-state index contributed by atoms with van der Waals surface area (Å²) < 4.78 is 5.24. The molecule has 1 aromatic rings. The maximum absolute atomic E-state index is 12.3. The van der Waals surface area contributed by atoms with Crippen LogP contribution in [0.25, 0.3) is 0 Å². The molecule has 0 radical (unpaired) electrons. The zero-order valence-corrected chi connectivity index (χ0v) is 12.9. The Morgan fingerprint density at radius 2 is 1.90 bits per heavy atom. The van der Waals surface area contributed by atoms with Gasteiger partial charge in [-0.25, -0.2) is 4.79 Å². The summed E-state index contributed by atoms with van der Waals surface area (Å²) in [5, 5.41) is 0. The number of rotatable bonds is 3. The molecular weight excluding hydrogens is 256 g/mol. The van der Waals surface area contributed by atoms with Crippen LogP contribution >= 0.6 is 0 Å². The van der Waals surface area contributed by atoms with Gasteiger partial charge in [0.15, 0.2) is 0 Å². The van der Waals surface area contributed by atoms with Crippen molar-refractivity contribution >= 4 is 11.9 Å². The number of hydrogen-bond acceptors (Lipinski definition) is 4. The van der Waals surface area contributed by atoms with Crippen LogP contribution in [0.3, 0.4) is 0 Å². The summed E-state index contributed by atoms with van der Waals surface area (Å²) in [6, 6.07) is 2.86. The second-order valence-corrected chi connectivity index (χ2v) is 5.85. The number of aryl methyl sites for hydroxylation is 1. The molecule has 1 unspecified atom stereocenters. The molecule has 0 fully saturated rings. The molecule has 1 atom stereocenters. The molecule has 20 heavy (non-hydrogen) atoms. The molecule has 1 heterocycles. The summed E-state index contributed by atoms with van der Waals surface area (Å²) in [5.74, 6) is -0.210. The average molecular weight is 278 g/mol. The number of hydrogen-bond donors (Lipinski definition) is 0. The lowest BCUT2D eigenvalue weighted by molar-refractivity contribution is 0.0230. The number of Topliss-reactive ketones (excluding diaryl/α,β-unsaturated/α-hetero) is 1. The Labute approximate surface area is 119 Å². The minimum absolute atomic E-state index is 0.210. The molecule has 1 rings (SSSR count). The van der Waals surface area contributed by atoms with E-state index in [4.69, 9.17) is 4.74 Å². The van der Waals surface area contributed by atoms with E-state index in [-0.39, 0.29) is 5.78 Å². The standard InChI is InChI=1S/C15H22N2O3/c1-10-7-8-12(16-9-10)13(18)11(2)17(6)14(19)20-15(3,4)5/h7-9,11H,1-6H3. The number of carbonyl (C=O) groups excluding carboxylic acids is 2. The molecule has 0 aromatic carbocycles. The molecule has 5 nitrogen and oxygen atoms in total. The Hall–Kier alpha value is -1.91. The lowest BCUT2D eigenvalue weighted by atomic mass is 10.1. The van der Waals surface area contributed by atoms with E-state index in [1.165, 1.54) is 4.90 Å². The molecule has 0 N–H and O–H groups in total. The highest BCUT2D eigenvalue weighted by Crippen LogP contribution is 2.13. The van der Waals surface area contributed by atoms with Gasteiger partial charge in [-0.1, -0.05) is 6.07 Å². The van der Waals surface area contributed by atoms with Crippen molar-refractivity contribution in [2.45, 2.75) is 46.3 Å². The van der Waals surface area contributed by atoms with Gasteiger partial charge < -0.3 is 9.64 Å². The summed E-state index contributed by atoms with van der Waals surface area (Å²) in [7, 11) is 1.55. The van der Waals surface area contributed by atoms with Crippen molar-refractivity contribution < 1.29 is 14.3 Å². The lowest BCUT2D eigenvalue weighted by Gasteiger charge is -2.27. The van der Waals surface area contributed by atoms with Crippen LogP contribution < -0.4 is 0 Å². The average Bonchev–Trinajstić information content (AvgIpc) is 2.35. The molecule has 0 aliphatic rings. The van der Waals surface area contributed by atoms with Crippen LogP contribution in [0.15, 0.2) is 18.3 Å². The molecule has 110 valence electrons. The van der Waals surface area contributed by atoms with Crippen LogP contribution in [0.4, 0.5) is 4.79 Å². The monoisotopic (exact) mass is 278 g/mol. The third-order valence-corrected chi connectivity index (χ3v) is 2.81. The van der Waals surface area contributed by atoms with E-state index in [0.717, 1.165) is 5.56 Å². The zero-order valence-electron chi connectivity index (χ0n) is 12.9. The molecule has 0 aliphatic carbocycles. The van der Waals surface area contributed by atoms with Crippen molar-refractivity contribution in [2.75, 3.05) is 7.05 Å². The molecule has 0 saturated heterocycles. The van der Waals surface area contributed by atoms with Crippen LogP contribution in [-0.2, 0) is 4.74 Å². The fourth-order valence-electron chi connectivity index (χ4n) is 1.50. The van der Waals surface area contributed by atoms with Crippen molar-refractivity contribution in [3.8, 4) is 0 Å². The first-order chi connectivity index (χ1) is 9.11. The fraction of sp³-hybridized carbons (Fsp3) is 0.533. The topological polar surface area (TPSA) is 59.5 Å². The normalized spacial score (nSPS) is 12.7. The molecule has 0 bridgehead atoms. The van der Waals surface area contributed by atoms with Crippen molar-refractivity contribution in [3.05, 3.63) is 29.6 Å². The minimum Gasteiger partial charge on any atom is -0.444 e. The highest BCUT2D eigenvalue weighted by atomic mass is 16.6. The van der Waals surface area contributed by atoms with Gasteiger partial charge in [0.25, 0.3) is 0 Å². The molecular formula is C15H22N2O3. The van der Waals surface area contributed by atoms with Gasteiger partial charge in [0.2, 0.25) is 5.78 Å². The second kappa shape index (κ2) is 6.03. The summed E-state index contributed by atoms with van der Waals surface area (Å²) in [6.45, 7) is 8.91. The van der Waals surface area contributed by atoms with Gasteiger partial charge >= 0.3 is 6.09 Å². The van der Waals surface area contributed by atoms with Crippen molar-refractivity contribution in [2.24, 2.45) is 0 Å². The first-order valence-electron chi connectivity index (χ1n) is 6.54. The number of ketones is 1. The van der Waals surface area contributed by atoms with Crippen LogP contribution in [0.5, 0.6) is 0 Å². The van der Waals surface area contributed by atoms with Crippen molar-refractivity contribution in [1.29, 1.82) is 0 Å². The van der Waals surface area contributed by atoms with Gasteiger partial charge in [0.05, 0.1) is 6.04 Å². The Balaban J connectivity index is 2.78. The number of pyridine rings is 1. The number of amides is 1. The largest absolute Gasteiger partial charge is 0.444 e. The molecule has 0 aliphatic heterocycles. The minimum atomic E-state index is -0.625. The number of aromatic nitrogens is 1.